The summed E-state index contributed by atoms with van der Waals surface area (Å²) < 4.78 is 26.5. The highest BCUT2D eigenvalue weighted by molar-refractivity contribution is 7.84. The van der Waals surface area contributed by atoms with Gasteiger partial charge in [-0.1, -0.05) is 44.2 Å². The van der Waals surface area contributed by atoms with E-state index in [2.05, 4.69) is 13.8 Å². The van der Waals surface area contributed by atoms with Crippen LogP contribution in [0, 0.1) is 5.82 Å². The average Bonchev–Trinajstić information content (AvgIpc) is 2.49. The molecule has 4 heteroatoms. The van der Waals surface area contributed by atoms with E-state index in [0.717, 1.165) is 4.90 Å². The van der Waals surface area contributed by atoms with E-state index in [1.807, 2.05) is 24.3 Å². The van der Waals surface area contributed by atoms with Crippen molar-refractivity contribution in [3.63, 3.8) is 0 Å². The molecule has 0 radical (unpaired) electrons. The van der Waals surface area contributed by atoms with Crippen LogP contribution in [-0.2, 0) is 23.1 Å². The van der Waals surface area contributed by atoms with E-state index in [1.165, 1.54) is 5.56 Å². The maximum Gasteiger partial charge on any atom is 0.131 e. The van der Waals surface area contributed by atoms with Crippen LogP contribution in [0.1, 0.15) is 36.5 Å². The van der Waals surface area contributed by atoms with Gasteiger partial charge in [0.15, 0.2) is 0 Å². The maximum absolute atomic E-state index is 14.1. The monoisotopic (exact) mass is 305 g/mol. The Morgan fingerprint density at radius 1 is 1.10 bits per heavy atom. The van der Waals surface area contributed by atoms with Crippen LogP contribution in [-0.4, -0.2) is 4.21 Å². The Morgan fingerprint density at radius 3 is 2.29 bits per heavy atom. The summed E-state index contributed by atoms with van der Waals surface area (Å²) in [7, 11) is -1.26. The first kappa shape index (κ1) is 15.9. The molecule has 0 fully saturated rings. The standard InChI is InChI=1S/C17H20FNOS/c1-12(2)13-6-8-16(9-7-13)21(20)11-15-5-3-4-14(10-19)17(15)18/h3-9,12H,10-11,19H2,1-2H3. The van der Waals surface area contributed by atoms with Crippen LogP contribution in [0.4, 0.5) is 4.39 Å². The molecule has 1 atom stereocenters. The van der Waals surface area contributed by atoms with E-state index >= 15 is 0 Å². The Morgan fingerprint density at radius 2 is 1.71 bits per heavy atom. The Labute approximate surface area is 127 Å². The molecule has 0 spiro atoms. The van der Waals surface area contributed by atoms with Crippen LogP contribution in [0.15, 0.2) is 47.4 Å². The van der Waals surface area contributed by atoms with E-state index in [4.69, 9.17) is 5.73 Å². The first-order valence-electron chi connectivity index (χ1n) is 6.97. The summed E-state index contributed by atoms with van der Waals surface area (Å²) in [4.78, 5) is 0.719. The van der Waals surface area contributed by atoms with Crippen LogP contribution in [0.5, 0.6) is 0 Å². The normalized spacial score (nSPS) is 12.6. The molecule has 2 nitrogen and oxygen atoms in total. The molecule has 2 rings (SSSR count). The van der Waals surface area contributed by atoms with Crippen LogP contribution in [0.2, 0.25) is 0 Å². The van der Waals surface area contributed by atoms with Crippen molar-refractivity contribution in [1.82, 2.24) is 0 Å². The Kier molecular flexibility index (Phi) is 5.26. The van der Waals surface area contributed by atoms with E-state index in [9.17, 15) is 8.60 Å². The second-order valence-electron chi connectivity index (χ2n) is 5.31. The van der Waals surface area contributed by atoms with E-state index in [0.29, 0.717) is 17.0 Å². The number of halogens is 1. The van der Waals surface area contributed by atoms with Crippen LogP contribution in [0.25, 0.3) is 0 Å². The highest BCUT2D eigenvalue weighted by Gasteiger charge is 2.12. The van der Waals surface area contributed by atoms with Gasteiger partial charge in [0.2, 0.25) is 0 Å². The van der Waals surface area contributed by atoms with Gasteiger partial charge in [-0.25, -0.2) is 4.39 Å². The van der Waals surface area contributed by atoms with Crippen molar-refractivity contribution < 1.29 is 8.60 Å². The van der Waals surface area contributed by atoms with Crippen molar-refractivity contribution in [3.05, 3.63) is 65.0 Å². The van der Waals surface area contributed by atoms with Crippen molar-refractivity contribution in [1.29, 1.82) is 0 Å². The van der Waals surface area contributed by atoms with Gasteiger partial charge < -0.3 is 5.73 Å². The van der Waals surface area contributed by atoms with Crippen molar-refractivity contribution >= 4 is 10.8 Å². The Bertz CT molecular complexity index is 638. The fraction of sp³-hybridized carbons (Fsp3) is 0.294. The second kappa shape index (κ2) is 6.96. The number of nitrogens with two attached hydrogens (primary N) is 1. The van der Waals surface area contributed by atoms with Crippen molar-refractivity contribution in [3.8, 4) is 0 Å². The number of hydrogen-bond donors (Lipinski definition) is 1. The summed E-state index contributed by atoms with van der Waals surface area (Å²) in [6.07, 6.45) is 0. The largest absolute Gasteiger partial charge is 0.326 e. The summed E-state index contributed by atoms with van der Waals surface area (Å²) in [6.45, 7) is 4.37. The van der Waals surface area contributed by atoms with Gasteiger partial charge in [-0.3, -0.25) is 4.21 Å². The fourth-order valence-electron chi connectivity index (χ4n) is 2.13. The highest BCUT2D eigenvalue weighted by atomic mass is 32.2. The zero-order valence-electron chi connectivity index (χ0n) is 12.3. The second-order valence-corrected chi connectivity index (χ2v) is 6.76. The zero-order valence-corrected chi connectivity index (χ0v) is 13.1. The lowest BCUT2D eigenvalue weighted by Crippen LogP contribution is -2.05. The van der Waals surface area contributed by atoms with E-state index in [1.54, 1.807) is 18.2 Å². The molecule has 0 heterocycles. The van der Waals surface area contributed by atoms with Crippen LogP contribution < -0.4 is 5.73 Å². The summed E-state index contributed by atoms with van der Waals surface area (Å²) in [5, 5.41) is 0. The molecule has 0 saturated heterocycles. The van der Waals surface area contributed by atoms with Crippen molar-refractivity contribution in [2.75, 3.05) is 0 Å². The van der Waals surface area contributed by atoms with Crippen molar-refractivity contribution in [2.45, 2.75) is 37.0 Å². The molecule has 2 aromatic rings. The third kappa shape index (κ3) is 3.77. The third-order valence-electron chi connectivity index (χ3n) is 3.47. The van der Waals surface area contributed by atoms with E-state index < -0.39 is 10.8 Å². The first-order chi connectivity index (χ1) is 10.0. The van der Waals surface area contributed by atoms with Gasteiger partial charge in [0, 0.05) is 22.6 Å². The van der Waals surface area contributed by atoms with Gasteiger partial charge >= 0.3 is 0 Å². The summed E-state index contributed by atoms with van der Waals surface area (Å²) in [5.74, 6) is 0.263. The molecule has 112 valence electrons. The predicted octanol–water partition coefficient (Wildman–Crippen LogP) is 3.72. The van der Waals surface area contributed by atoms with Gasteiger partial charge in [-0.2, -0.15) is 0 Å². The molecule has 2 aromatic carbocycles. The lowest BCUT2D eigenvalue weighted by atomic mass is 10.0. The Balaban J connectivity index is 2.18. The minimum Gasteiger partial charge on any atom is -0.326 e. The van der Waals surface area contributed by atoms with Gasteiger partial charge in [-0.05, 0) is 23.6 Å². The van der Waals surface area contributed by atoms with Crippen LogP contribution >= 0.6 is 0 Å². The number of rotatable bonds is 5. The molecular weight excluding hydrogens is 285 g/mol. The number of hydrogen-bond acceptors (Lipinski definition) is 2. The molecule has 0 aliphatic heterocycles. The van der Waals surface area contributed by atoms with Crippen molar-refractivity contribution in [2.24, 2.45) is 5.73 Å². The topological polar surface area (TPSA) is 43.1 Å². The first-order valence-corrected chi connectivity index (χ1v) is 8.29. The number of benzene rings is 2. The molecule has 1 unspecified atom stereocenters. The molecule has 0 amide bonds. The van der Waals surface area contributed by atoms with E-state index in [-0.39, 0.29) is 18.1 Å². The van der Waals surface area contributed by atoms with Crippen LogP contribution in [0.3, 0.4) is 0 Å². The molecule has 0 bridgehead atoms. The zero-order chi connectivity index (χ0) is 15.4. The summed E-state index contributed by atoms with van der Waals surface area (Å²) >= 11 is 0. The smallest absolute Gasteiger partial charge is 0.131 e. The molecule has 0 aliphatic carbocycles. The molecule has 0 aromatic heterocycles. The molecule has 2 N–H and O–H groups in total. The quantitative estimate of drug-likeness (QED) is 0.915. The lowest BCUT2D eigenvalue weighted by Gasteiger charge is -2.09. The molecular formula is C17H20FNOS. The van der Waals surface area contributed by atoms with Gasteiger partial charge in [0.1, 0.15) is 5.82 Å². The summed E-state index contributed by atoms with van der Waals surface area (Å²) in [5.41, 5.74) is 7.60. The average molecular weight is 305 g/mol. The molecule has 0 saturated carbocycles. The molecule has 21 heavy (non-hydrogen) atoms. The maximum atomic E-state index is 14.1. The third-order valence-corrected chi connectivity index (χ3v) is 4.85. The lowest BCUT2D eigenvalue weighted by molar-refractivity contribution is 0.598. The molecule has 0 aliphatic rings. The Hall–Kier alpha value is -1.52. The van der Waals surface area contributed by atoms with Gasteiger partial charge in [-0.15, -0.1) is 0 Å². The van der Waals surface area contributed by atoms with Gasteiger partial charge in [0.25, 0.3) is 0 Å². The summed E-state index contributed by atoms with van der Waals surface area (Å²) in [6, 6.07) is 12.7. The SMILES string of the molecule is CC(C)c1ccc(S(=O)Cc2cccc(CN)c2F)cc1. The van der Waals surface area contributed by atoms with Gasteiger partial charge in [0.05, 0.1) is 16.6 Å². The fourth-order valence-corrected chi connectivity index (χ4v) is 3.24. The minimum absolute atomic E-state index is 0.148. The minimum atomic E-state index is -1.26. The predicted molar refractivity (Wildman–Crippen MR) is 84.9 cm³/mol. The highest BCUT2D eigenvalue weighted by Crippen LogP contribution is 2.20.